The maximum atomic E-state index is 12.0. The van der Waals surface area contributed by atoms with Crippen molar-refractivity contribution in [3.05, 3.63) is 12.0 Å². The lowest BCUT2D eigenvalue weighted by Crippen LogP contribution is -2.35. The maximum Gasteiger partial charge on any atom is 0.259 e. The summed E-state index contributed by atoms with van der Waals surface area (Å²) in [6.45, 7) is 4.19. The van der Waals surface area contributed by atoms with Crippen molar-refractivity contribution in [3.8, 4) is 0 Å². The standard InChI is InChI=1S/C13H25N5O4S/c1-11-17-13(10-18(11)2)23(20,21)16-5-4-12(19)15-7-6-14-8-9-22-3/h10,14,16H,4-9H2,1-3H3,(H,15,19). The number of ether oxygens (including phenoxy) is 1. The Labute approximate surface area is 136 Å². The van der Waals surface area contributed by atoms with Crippen LogP contribution in [0.15, 0.2) is 11.2 Å². The summed E-state index contributed by atoms with van der Waals surface area (Å²) < 4.78 is 32.9. The molecule has 132 valence electrons. The van der Waals surface area contributed by atoms with Gasteiger partial charge in [0.15, 0.2) is 5.03 Å². The van der Waals surface area contributed by atoms with Gasteiger partial charge in [-0.25, -0.2) is 18.1 Å². The fourth-order valence-electron chi connectivity index (χ4n) is 1.71. The second-order valence-electron chi connectivity index (χ2n) is 4.98. The molecule has 1 aromatic rings. The van der Waals surface area contributed by atoms with Crippen LogP contribution < -0.4 is 15.4 Å². The molecule has 1 amide bonds. The van der Waals surface area contributed by atoms with Crippen LogP contribution in [0.2, 0.25) is 0 Å². The lowest BCUT2D eigenvalue weighted by molar-refractivity contribution is -0.120. The summed E-state index contributed by atoms with van der Waals surface area (Å²) in [6, 6.07) is 0. The number of nitrogens with one attached hydrogen (secondary N) is 3. The number of rotatable bonds is 11. The Morgan fingerprint density at radius 1 is 1.30 bits per heavy atom. The van der Waals surface area contributed by atoms with Crippen LogP contribution in [0.3, 0.4) is 0 Å². The molecule has 0 saturated heterocycles. The van der Waals surface area contributed by atoms with Crippen molar-refractivity contribution < 1.29 is 17.9 Å². The first kappa shape index (κ1) is 19.6. The first-order chi connectivity index (χ1) is 10.9. The van der Waals surface area contributed by atoms with E-state index in [0.717, 1.165) is 6.54 Å². The molecule has 0 aromatic carbocycles. The van der Waals surface area contributed by atoms with Gasteiger partial charge < -0.3 is 19.9 Å². The topological polar surface area (TPSA) is 114 Å². The fourth-order valence-corrected chi connectivity index (χ4v) is 2.77. The number of hydrogen-bond donors (Lipinski definition) is 3. The number of hydrogen-bond acceptors (Lipinski definition) is 6. The van der Waals surface area contributed by atoms with Gasteiger partial charge in [0.2, 0.25) is 5.91 Å². The molecule has 0 fully saturated rings. The molecule has 0 aliphatic carbocycles. The first-order valence-electron chi connectivity index (χ1n) is 7.33. The van der Waals surface area contributed by atoms with E-state index in [4.69, 9.17) is 4.74 Å². The normalized spacial score (nSPS) is 11.6. The minimum Gasteiger partial charge on any atom is -0.383 e. The predicted molar refractivity (Wildman–Crippen MR) is 85.5 cm³/mol. The second-order valence-corrected chi connectivity index (χ2v) is 6.69. The van der Waals surface area contributed by atoms with Crippen LogP contribution in [0.4, 0.5) is 0 Å². The minimum atomic E-state index is -3.68. The van der Waals surface area contributed by atoms with Crippen molar-refractivity contribution in [1.82, 2.24) is 24.9 Å². The second kappa shape index (κ2) is 9.60. The van der Waals surface area contributed by atoms with Crippen LogP contribution >= 0.6 is 0 Å². The quantitative estimate of drug-likeness (QED) is 0.431. The van der Waals surface area contributed by atoms with Gasteiger partial charge in [0.25, 0.3) is 10.0 Å². The number of carbonyl (C=O) groups is 1. The van der Waals surface area contributed by atoms with Crippen molar-refractivity contribution in [2.24, 2.45) is 7.05 Å². The molecule has 1 heterocycles. The van der Waals surface area contributed by atoms with Crippen LogP contribution in [0.25, 0.3) is 0 Å². The Balaban J connectivity index is 2.23. The molecule has 0 unspecified atom stereocenters. The van der Waals surface area contributed by atoms with Crippen LogP contribution in [0.5, 0.6) is 0 Å². The Hall–Kier alpha value is -1.49. The van der Waals surface area contributed by atoms with E-state index in [0.29, 0.717) is 25.5 Å². The third-order valence-corrected chi connectivity index (χ3v) is 4.44. The third-order valence-electron chi connectivity index (χ3n) is 3.11. The molecule has 0 aliphatic heterocycles. The van der Waals surface area contributed by atoms with E-state index in [2.05, 4.69) is 20.3 Å². The Morgan fingerprint density at radius 3 is 2.65 bits per heavy atom. The molecule has 0 radical (unpaired) electrons. The number of aromatic nitrogens is 2. The molecule has 1 aromatic heterocycles. The SMILES string of the molecule is COCCNCCNC(=O)CCNS(=O)(=O)c1cn(C)c(C)n1. The van der Waals surface area contributed by atoms with Gasteiger partial charge >= 0.3 is 0 Å². The largest absolute Gasteiger partial charge is 0.383 e. The highest BCUT2D eigenvalue weighted by Crippen LogP contribution is 2.07. The van der Waals surface area contributed by atoms with Crippen LogP contribution in [-0.2, 0) is 26.6 Å². The molecule has 9 nitrogen and oxygen atoms in total. The number of aryl methyl sites for hydroxylation is 2. The highest BCUT2D eigenvalue weighted by Gasteiger charge is 2.18. The van der Waals surface area contributed by atoms with E-state index in [9.17, 15) is 13.2 Å². The van der Waals surface area contributed by atoms with E-state index >= 15 is 0 Å². The van der Waals surface area contributed by atoms with Gasteiger partial charge in [0, 0.05) is 53.0 Å². The average molecular weight is 347 g/mol. The molecular formula is C13H25N5O4S. The summed E-state index contributed by atoms with van der Waals surface area (Å²) in [4.78, 5) is 15.6. The summed E-state index contributed by atoms with van der Waals surface area (Å²) >= 11 is 0. The minimum absolute atomic E-state index is 0.0287. The summed E-state index contributed by atoms with van der Waals surface area (Å²) in [6.07, 6.45) is 1.51. The lowest BCUT2D eigenvalue weighted by atomic mass is 10.4. The number of methoxy groups -OCH3 is 1. The number of amides is 1. The number of nitrogens with zero attached hydrogens (tertiary/aromatic N) is 2. The molecular weight excluding hydrogens is 322 g/mol. The molecule has 0 saturated carbocycles. The highest BCUT2D eigenvalue weighted by atomic mass is 32.2. The summed E-state index contributed by atoms with van der Waals surface area (Å²) in [7, 11) is -0.342. The van der Waals surface area contributed by atoms with Gasteiger partial charge in [-0.3, -0.25) is 4.79 Å². The monoisotopic (exact) mass is 347 g/mol. The third kappa shape index (κ3) is 7.08. The van der Waals surface area contributed by atoms with Gasteiger partial charge in [-0.2, -0.15) is 0 Å². The number of imidazole rings is 1. The summed E-state index contributed by atoms with van der Waals surface area (Å²) in [5.74, 6) is 0.391. The molecule has 0 spiro atoms. The van der Waals surface area contributed by atoms with Crippen LogP contribution in [0, 0.1) is 6.92 Å². The van der Waals surface area contributed by atoms with E-state index in [-0.39, 0.29) is 23.9 Å². The van der Waals surface area contributed by atoms with Gasteiger partial charge in [0.05, 0.1) is 6.61 Å². The molecule has 3 N–H and O–H groups in total. The van der Waals surface area contributed by atoms with Crippen molar-refractivity contribution >= 4 is 15.9 Å². The van der Waals surface area contributed by atoms with Crippen molar-refractivity contribution in [3.63, 3.8) is 0 Å². The smallest absolute Gasteiger partial charge is 0.259 e. The zero-order valence-electron chi connectivity index (χ0n) is 13.8. The van der Waals surface area contributed by atoms with Crippen molar-refractivity contribution in [1.29, 1.82) is 0 Å². The lowest BCUT2D eigenvalue weighted by Gasteiger charge is -2.07. The van der Waals surface area contributed by atoms with Gasteiger partial charge in [0.1, 0.15) is 5.82 Å². The average Bonchev–Trinajstić information content (AvgIpc) is 2.83. The summed E-state index contributed by atoms with van der Waals surface area (Å²) in [5, 5.41) is 5.75. The molecule has 23 heavy (non-hydrogen) atoms. The van der Waals surface area contributed by atoms with E-state index < -0.39 is 10.0 Å². The van der Waals surface area contributed by atoms with E-state index in [1.807, 2.05) is 0 Å². The van der Waals surface area contributed by atoms with E-state index in [1.54, 1.807) is 25.6 Å². The van der Waals surface area contributed by atoms with Crippen molar-refractivity contribution in [2.75, 3.05) is 39.9 Å². The predicted octanol–water partition coefficient (Wildman–Crippen LogP) is -1.25. The van der Waals surface area contributed by atoms with Gasteiger partial charge in [-0.15, -0.1) is 0 Å². The highest BCUT2D eigenvalue weighted by molar-refractivity contribution is 7.89. The van der Waals surface area contributed by atoms with Gasteiger partial charge in [-0.1, -0.05) is 0 Å². The van der Waals surface area contributed by atoms with Crippen LogP contribution in [0.1, 0.15) is 12.2 Å². The van der Waals surface area contributed by atoms with Crippen LogP contribution in [-0.4, -0.2) is 63.8 Å². The Bertz CT molecular complexity index is 580. The number of carbonyl (C=O) groups excluding carboxylic acids is 1. The molecule has 1 rings (SSSR count). The molecule has 0 aliphatic rings. The number of sulfonamides is 1. The fraction of sp³-hybridized carbons (Fsp3) is 0.692. The Morgan fingerprint density at radius 2 is 2.04 bits per heavy atom. The summed E-state index contributed by atoms with van der Waals surface area (Å²) in [5.41, 5.74) is 0. The first-order valence-corrected chi connectivity index (χ1v) is 8.81. The molecule has 0 bridgehead atoms. The maximum absolute atomic E-state index is 12.0. The molecule has 0 atom stereocenters. The zero-order valence-corrected chi connectivity index (χ0v) is 14.6. The van der Waals surface area contributed by atoms with Crippen molar-refractivity contribution in [2.45, 2.75) is 18.4 Å². The zero-order chi connectivity index (χ0) is 17.3. The Kier molecular flexibility index (Phi) is 8.17. The van der Waals surface area contributed by atoms with E-state index in [1.165, 1.54) is 6.20 Å². The van der Waals surface area contributed by atoms with Gasteiger partial charge in [-0.05, 0) is 6.92 Å². The molecule has 10 heteroatoms.